The van der Waals surface area contributed by atoms with E-state index in [2.05, 4.69) is 20.2 Å². The van der Waals surface area contributed by atoms with Gasteiger partial charge in [0.15, 0.2) is 11.2 Å². The van der Waals surface area contributed by atoms with Crippen molar-refractivity contribution in [1.29, 1.82) is 0 Å². The lowest BCUT2D eigenvalue weighted by Gasteiger charge is -2.28. The largest absolute Gasteiger partial charge is 0.478 e. The van der Waals surface area contributed by atoms with Crippen molar-refractivity contribution in [3.8, 4) is 11.8 Å². The van der Waals surface area contributed by atoms with Gasteiger partial charge in [0.1, 0.15) is 5.75 Å². The minimum Gasteiger partial charge on any atom is -0.478 e. The van der Waals surface area contributed by atoms with Crippen molar-refractivity contribution in [3.63, 3.8) is 0 Å². The van der Waals surface area contributed by atoms with Gasteiger partial charge in [-0.25, -0.2) is 4.79 Å². The third-order valence-electron chi connectivity index (χ3n) is 4.93. The van der Waals surface area contributed by atoms with Crippen LogP contribution < -0.4 is 20.5 Å². The SMILES string of the molecule is CCn1c(N2CCNCC2)nc2nc(Oc3cccc(C(=O)O)c3)n(C)c(=O)c21. The Morgan fingerprint density at radius 1 is 1.28 bits per heavy atom. The summed E-state index contributed by atoms with van der Waals surface area (Å²) in [6, 6.07) is 6.09. The van der Waals surface area contributed by atoms with E-state index < -0.39 is 5.97 Å². The Kier molecular flexibility index (Phi) is 4.93. The smallest absolute Gasteiger partial charge is 0.335 e. The molecule has 3 heterocycles. The number of ether oxygens (including phenoxy) is 1. The Balaban J connectivity index is 1.79. The van der Waals surface area contributed by atoms with Crippen molar-refractivity contribution in [2.75, 3.05) is 31.1 Å². The molecular formula is C19H22N6O4. The van der Waals surface area contributed by atoms with E-state index in [0.29, 0.717) is 17.7 Å². The van der Waals surface area contributed by atoms with E-state index in [4.69, 9.17) is 9.84 Å². The van der Waals surface area contributed by atoms with Crippen LogP contribution in [0.15, 0.2) is 29.1 Å². The van der Waals surface area contributed by atoms with E-state index in [1.807, 2.05) is 11.5 Å². The van der Waals surface area contributed by atoms with E-state index in [1.165, 1.54) is 16.7 Å². The number of hydrogen-bond donors (Lipinski definition) is 2. The number of anilines is 1. The minimum atomic E-state index is -1.06. The van der Waals surface area contributed by atoms with E-state index in [1.54, 1.807) is 19.2 Å². The number of imidazole rings is 1. The maximum absolute atomic E-state index is 13.0. The van der Waals surface area contributed by atoms with Gasteiger partial charge in [0.2, 0.25) is 5.95 Å². The molecule has 10 heteroatoms. The molecule has 10 nitrogen and oxygen atoms in total. The van der Waals surface area contributed by atoms with Crippen molar-refractivity contribution in [2.45, 2.75) is 13.5 Å². The number of carbonyl (C=O) groups is 1. The van der Waals surface area contributed by atoms with Gasteiger partial charge in [-0.05, 0) is 25.1 Å². The molecular weight excluding hydrogens is 376 g/mol. The molecule has 152 valence electrons. The molecule has 0 unspecified atom stereocenters. The molecule has 1 fully saturated rings. The number of hydrogen-bond acceptors (Lipinski definition) is 7. The summed E-state index contributed by atoms with van der Waals surface area (Å²) in [6.45, 7) is 5.87. The molecule has 1 saturated heterocycles. The molecule has 2 N–H and O–H groups in total. The predicted octanol–water partition coefficient (Wildman–Crippen LogP) is 1.05. The van der Waals surface area contributed by atoms with Crippen LogP contribution in [-0.2, 0) is 13.6 Å². The molecule has 0 saturated carbocycles. The maximum atomic E-state index is 13.0. The second-order valence-electron chi connectivity index (χ2n) is 6.76. The highest BCUT2D eigenvalue weighted by atomic mass is 16.5. The lowest BCUT2D eigenvalue weighted by atomic mass is 10.2. The molecule has 0 atom stereocenters. The summed E-state index contributed by atoms with van der Waals surface area (Å²) < 4.78 is 8.92. The zero-order valence-electron chi connectivity index (χ0n) is 16.3. The van der Waals surface area contributed by atoms with Gasteiger partial charge >= 0.3 is 12.0 Å². The van der Waals surface area contributed by atoms with Crippen molar-refractivity contribution < 1.29 is 14.6 Å². The molecule has 1 aliphatic heterocycles. The monoisotopic (exact) mass is 398 g/mol. The fourth-order valence-corrected chi connectivity index (χ4v) is 3.42. The van der Waals surface area contributed by atoms with Crippen LogP contribution in [0.3, 0.4) is 0 Å². The molecule has 0 bridgehead atoms. The molecule has 0 spiro atoms. The zero-order chi connectivity index (χ0) is 20.5. The van der Waals surface area contributed by atoms with Crippen molar-refractivity contribution in [1.82, 2.24) is 24.4 Å². The average Bonchev–Trinajstić information content (AvgIpc) is 3.11. The lowest BCUT2D eigenvalue weighted by Crippen LogP contribution is -2.44. The number of aromatic carboxylic acids is 1. The molecule has 4 rings (SSSR count). The first kappa shape index (κ1) is 18.9. The summed E-state index contributed by atoms with van der Waals surface area (Å²) in [5.74, 6) is -0.0577. The number of carboxylic acids is 1. The first-order chi connectivity index (χ1) is 14.0. The fraction of sp³-hybridized carbons (Fsp3) is 0.368. The van der Waals surface area contributed by atoms with E-state index in [-0.39, 0.29) is 22.9 Å². The summed E-state index contributed by atoms with van der Waals surface area (Å²) in [6.07, 6.45) is 0. The number of piperazine rings is 1. The van der Waals surface area contributed by atoms with Gasteiger partial charge in [-0.2, -0.15) is 9.97 Å². The summed E-state index contributed by atoms with van der Waals surface area (Å²) in [7, 11) is 1.57. The van der Waals surface area contributed by atoms with Gasteiger partial charge in [0, 0.05) is 39.8 Å². The lowest BCUT2D eigenvalue weighted by molar-refractivity contribution is 0.0696. The van der Waals surface area contributed by atoms with Crippen molar-refractivity contribution >= 4 is 23.1 Å². The molecule has 3 aromatic rings. The standard InChI is InChI=1S/C19H22N6O4/c1-3-25-14-15(21-18(25)24-9-7-20-8-10-24)22-19(23(2)16(14)26)29-13-6-4-5-12(11-13)17(27)28/h4-6,11,20H,3,7-10H2,1-2H3,(H,27,28). The van der Waals surface area contributed by atoms with Crippen LogP contribution in [0.25, 0.3) is 11.2 Å². The number of aryl methyl sites for hydroxylation is 1. The normalized spacial score (nSPS) is 14.3. The van der Waals surface area contributed by atoms with Gasteiger partial charge in [0.25, 0.3) is 5.56 Å². The van der Waals surface area contributed by atoms with Crippen LogP contribution in [0, 0.1) is 0 Å². The van der Waals surface area contributed by atoms with Crippen LogP contribution in [-0.4, -0.2) is 56.4 Å². The molecule has 0 amide bonds. The maximum Gasteiger partial charge on any atom is 0.335 e. The molecule has 1 aliphatic rings. The van der Waals surface area contributed by atoms with E-state index in [9.17, 15) is 9.59 Å². The Labute approximate surface area is 166 Å². The molecule has 0 radical (unpaired) electrons. The van der Waals surface area contributed by atoms with Crippen LogP contribution in [0.1, 0.15) is 17.3 Å². The number of rotatable bonds is 5. The number of fused-ring (bicyclic) bond motifs is 1. The van der Waals surface area contributed by atoms with Gasteiger partial charge in [-0.3, -0.25) is 9.36 Å². The summed E-state index contributed by atoms with van der Waals surface area (Å²) in [5.41, 5.74) is 0.558. The summed E-state index contributed by atoms with van der Waals surface area (Å²) in [4.78, 5) is 35.4. The zero-order valence-corrected chi connectivity index (χ0v) is 16.3. The highest BCUT2D eigenvalue weighted by Gasteiger charge is 2.23. The first-order valence-corrected chi connectivity index (χ1v) is 9.43. The third kappa shape index (κ3) is 3.42. The average molecular weight is 398 g/mol. The van der Waals surface area contributed by atoms with Gasteiger partial charge in [-0.15, -0.1) is 0 Å². The highest BCUT2D eigenvalue weighted by molar-refractivity contribution is 5.88. The summed E-state index contributed by atoms with van der Waals surface area (Å²) in [5, 5.41) is 12.5. The first-order valence-electron chi connectivity index (χ1n) is 9.43. The van der Waals surface area contributed by atoms with E-state index >= 15 is 0 Å². The van der Waals surface area contributed by atoms with Gasteiger partial charge < -0.3 is 24.6 Å². The Hall–Kier alpha value is -3.40. The number of benzene rings is 1. The Bertz CT molecular complexity index is 1130. The van der Waals surface area contributed by atoms with Gasteiger partial charge in [-0.1, -0.05) is 6.07 Å². The third-order valence-corrected chi connectivity index (χ3v) is 4.93. The van der Waals surface area contributed by atoms with Crippen LogP contribution in [0.5, 0.6) is 11.8 Å². The predicted molar refractivity (Wildman–Crippen MR) is 107 cm³/mol. The van der Waals surface area contributed by atoms with Crippen molar-refractivity contribution in [3.05, 3.63) is 40.2 Å². The number of carboxylic acid groups (broad SMARTS) is 1. The second-order valence-corrected chi connectivity index (χ2v) is 6.76. The molecule has 0 aliphatic carbocycles. The molecule has 29 heavy (non-hydrogen) atoms. The Morgan fingerprint density at radius 3 is 2.72 bits per heavy atom. The molecule has 1 aromatic carbocycles. The second kappa shape index (κ2) is 7.55. The van der Waals surface area contributed by atoms with Crippen LogP contribution in [0.2, 0.25) is 0 Å². The van der Waals surface area contributed by atoms with E-state index in [0.717, 1.165) is 32.1 Å². The number of aromatic nitrogens is 4. The highest BCUT2D eigenvalue weighted by Crippen LogP contribution is 2.24. The number of nitrogens with one attached hydrogen (secondary N) is 1. The van der Waals surface area contributed by atoms with Gasteiger partial charge in [0.05, 0.1) is 5.56 Å². The van der Waals surface area contributed by atoms with Crippen LogP contribution in [0.4, 0.5) is 5.95 Å². The Morgan fingerprint density at radius 2 is 2.03 bits per heavy atom. The quantitative estimate of drug-likeness (QED) is 0.655. The van der Waals surface area contributed by atoms with Crippen LogP contribution >= 0.6 is 0 Å². The van der Waals surface area contributed by atoms with Crippen molar-refractivity contribution in [2.24, 2.45) is 7.05 Å². The topological polar surface area (TPSA) is 115 Å². The number of nitrogens with zero attached hydrogens (tertiary/aromatic N) is 5. The summed E-state index contributed by atoms with van der Waals surface area (Å²) >= 11 is 0. The minimum absolute atomic E-state index is 0.0534. The fourth-order valence-electron chi connectivity index (χ4n) is 3.42. The molecule has 2 aromatic heterocycles.